The lowest BCUT2D eigenvalue weighted by Crippen LogP contribution is -2.18. The van der Waals surface area contributed by atoms with Crippen molar-refractivity contribution in [1.29, 1.82) is 0 Å². The van der Waals surface area contributed by atoms with Crippen LogP contribution in [0.5, 0.6) is 0 Å². The zero-order valence-electron chi connectivity index (χ0n) is 15.6. The summed E-state index contributed by atoms with van der Waals surface area (Å²) in [7, 11) is 0. The number of benzene rings is 1. The third-order valence-corrected chi connectivity index (χ3v) is 6.60. The number of nitrogens with zero attached hydrogens (tertiary/aromatic N) is 5. The molecule has 0 saturated heterocycles. The minimum atomic E-state index is -0.403. The van der Waals surface area contributed by atoms with Crippen LogP contribution in [0.15, 0.2) is 76.8 Å². The van der Waals surface area contributed by atoms with Gasteiger partial charge in [-0.15, -0.1) is 22.7 Å². The Morgan fingerprint density at radius 3 is 2.67 bits per heavy atom. The maximum atomic E-state index is 10.9. The monoisotopic (exact) mass is 433 g/mol. The fraction of sp³-hybridized carbons (Fsp3) is 0.0952. The van der Waals surface area contributed by atoms with Crippen LogP contribution in [0, 0.1) is 10.1 Å². The first-order valence-corrected chi connectivity index (χ1v) is 11.0. The fourth-order valence-corrected chi connectivity index (χ4v) is 4.92. The molecule has 0 fully saturated rings. The highest BCUT2D eigenvalue weighted by Gasteiger charge is 2.32. The summed E-state index contributed by atoms with van der Waals surface area (Å²) in [6, 6.07) is 14.6. The van der Waals surface area contributed by atoms with Gasteiger partial charge in [0.05, 0.1) is 27.2 Å². The van der Waals surface area contributed by atoms with Crippen molar-refractivity contribution >= 4 is 39.2 Å². The Morgan fingerprint density at radius 2 is 1.97 bits per heavy atom. The number of hydrazone groups is 1. The van der Waals surface area contributed by atoms with Gasteiger partial charge in [-0.1, -0.05) is 12.1 Å². The van der Waals surface area contributed by atoms with Crippen molar-refractivity contribution in [3.63, 3.8) is 0 Å². The highest BCUT2D eigenvalue weighted by atomic mass is 32.1. The van der Waals surface area contributed by atoms with Crippen LogP contribution in [0.1, 0.15) is 22.9 Å². The molecule has 0 radical (unpaired) electrons. The molecule has 0 aliphatic carbocycles. The number of aromatic nitrogens is 2. The second-order valence-electron chi connectivity index (χ2n) is 6.69. The average molecular weight is 434 g/mol. The molecule has 9 heteroatoms. The largest absolute Gasteiger partial charge is 0.269 e. The molecule has 4 aromatic rings. The molecule has 7 nitrogen and oxygen atoms in total. The molecule has 1 aliphatic rings. The number of thiazole rings is 1. The van der Waals surface area contributed by atoms with E-state index >= 15 is 0 Å². The molecule has 0 saturated carbocycles. The van der Waals surface area contributed by atoms with E-state index in [1.54, 1.807) is 29.7 Å². The van der Waals surface area contributed by atoms with E-state index in [0.717, 1.165) is 39.0 Å². The Labute approximate surface area is 180 Å². The zero-order valence-corrected chi connectivity index (χ0v) is 17.2. The van der Waals surface area contributed by atoms with Gasteiger partial charge < -0.3 is 0 Å². The number of hydrogen-bond donors (Lipinski definition) is 0. The number of rotatable bonds is 5. The quantitative estimate of drug-likeness (QED) is 0.305. The summed E-state index contributed by atoms with van der Waals surface area (Å²) >= 11 is 3.18. The van der Waals surface area contributed by atoms with E-state index in [2.05, 4.69) is 22.5 Å². The number of nitro benzene ring substituents is 1. The molecule has 0 N–H and O–H groups in total. The van der Waals surface area contributed by atoms with E-state index in [0.29, 0.717) is 0 Å². The predicted octanol–water partition coefficient (Wildman–Crippen LogP) is 5.53. The normalized spacial score (nSPS) is 15.9. The van der Waals surface area contributed by atoms with Crippen molar-refractivity contribution in [2.45, 2.75) is 12.5 Å². The molecular formula is C21H15N5O2S2. The van der Waals surface area contributed by atoms with Crippen LogP contribution in [0.3, 0.4) is 0 Å². The number of hydrogen-bond acceptors (Lipinski definition) is 8. The van der Waals surface area contributed by atoms with E-state index in [4.69, 9.17) is 10.1 Å². The van der Waals surface area contributed by atoms with Gasteiger partial charge in [-0.25, -0.2) is 9.99 Å². The molecule has 30 heavy (non-hydrogen) atoms. The third-order valence-electron chi connectivity index (χ3n) is 4.85. The number of non-ortho nitro benzene ring substituents is 1. The van der Waals surface area contributed by atoms with Gasteiger partial charge in [0.1, 0.15) is 0 Å². The SMILES string of the molecule is O=[N+]([O-])c1ccc(-c2csc(N3N=C(c4cccs4)CC3c3cccnc3)n2)cc1. The van der Waals surface area contributed by atoms with E-state index in [-0.39, 0.29) is 11.7 Å². The van der Waals surface area contributed by atoms with Crippen molar-refractivity contribution in [2.75, 3.05) is 5.01 Å². The van der Waals surface area contributed by atoms with Crippen LogP contribution >= 0.6 is 22.7 Å². The molecule has 1 atom stereocenters. The van der Waals surface area contributed by atoms with Crippen LogP contribution in [0.2, 0.25) is 0 Å². The zero-order chi connectivity index (χ0) is 20.5. The Bertz CT molecular complexity index is 1200. The van der Waals surface area contributed by atoms with E-state index < -0.39 is 4.92 Å². The van der Waals surface area contributed by atoms with E-state index in [9.17, 15) is 10.1 Å². The highest BCUT2D eigenvalue weighted by Crippen LogP contribution is 2.39. The topological polar surface area (TPSA) is 84.5 Å². The molecule has 148 valence electrons. The third kappa shape index (κ3) is 3.49. The lowest BCUT2D eigenvalue weighted by molar-refractivity contribution is -0.384. The molecule has 1 unspecified atom stereocenters. The minimum absolute atomic E-state index is 0.0201. The summed E-state index contributed by atoms with van der Waals surface area (Å²) in [4.78, 5) is 20.7. The second-order valence-corrected chi connectivity index (χ2v) is 8.48. The van der Waals surface area contributed by atoms with E-state index in [1.165, 1.54) is 23.5 Å². The molecule has 5 rings (SSSR count). The standard InChI is InChI=1S/C21H15N5O2S2/c27-26(28)16-7-5-14(6-8-16)18-13-30-21(23-18)25-19(15-3-1-9-22-12-15)11-17(24-25)20-4-2-10-29-20/h1-10,12-13,19H,11H2. The van der Waals surface area contributed by atoms with Gasteiger partial charge >= 0.3 is 0 Å². The molecule has 1 aromatic carbocycles. The van der Waals surface area contributed by atoms with Crippen molar-refractivity contribution in [3.8, 4) is 11.3 Å². The summed E-state index contributed by atoms with van der Waals surface area (Å²) in [6.07, 6.45) is 4.41. The first-order chi connectivity index (χ1) is 14.7. The molecule has 1 aliphatic heterocycles. The predicted molar refractivity (Wildman–Crippen MR) is 119 cm³/mol. The maximum absolute atomic E-state index is 10.9. The summed E-state index contributed by atoms with van der Waals surface area (Å²) < 4.78 is 0. The minimum Gasteiger partial charge on any atom is -0.264 e. The van der Waals surface area contributed by atoms with Gasteiger partial charge in [0.2, 0.25) is 5.13 Å². The fourth-order valence-electron chi connectivity index (χ4n) is 3.37. The van der Waals surface area contributed by atoms with E-state index in [1.807, 2.05) is 28.7 Å². The molecule has 0 amide bonds. The molecule has 0 bridgehead atoms. The number of pyridine rings is 1. The van der Waals surface area contributed by atoms with Crippen LogP contribution in [0.4, 0.5) is 10.8 Å². The van der Waals surface area contributed by atoms with Gasteiger partial charge in [0, 0.05) is 41.9 Å². The number of anilines is 1. The van der Waals surface area contributed by atoms with Gasteiger partial charge in [-0.05, 0) is 35.2 Å². The Balaban J connectivity index is 1.49. The van der Waals surface area contributed by atoms with Crippen molar-refractivity contribution in [1.82, 2.24) is 9.97 Å². The lowest BCUT2D eigenvalue weighted by atomic mass is 10.0. The smallest absolute Gasteiger partial charge is 0.264 e. The second kappa shape index (κ2) is 7.77. The van der Waals surface area contributed by atoms with Crippen LogP contribution in [-0.2, 0) is 0 Å². The maximum Gasteiger partial charge on any atom is 0.269 e. The van der Waals surface area contributed by atoms with Gasteiger partial charge in [-0.2, -0.15) is 5.10 Å². The summed E-state index contributed by atoms with van der Waals surface area (Å²) in [6.45, 7) is 0. The molecule has 4 heterocycles. The van der Waals surface area contributed by atoms with Gasteiger partial charge in [0.25, 0.3) is 5.69 Å². The Hall–Kier alpha value is -3.43. The van der Waals surface area contributed by atoms with Gasteiger partial charge in [0.15, 0.2) is 0 Å². The Kier molecular flexibility index (Phi) is 4.82. The van der Waals surface area contributed by atoms with Crippen LogP contribution in [0.25, 0.3) is 11.3 Å². The molecular weight excluding hydrogens is 418 g/mol. The summed E-state index contributed by atoms with van der Waals surface area (Å²) in [5, 5.41) is 22.5. The van der Waals surface area contributed by atoms with Crippen molar-refractivity contribution < 1.29 is 4.92 Å². The lowest BCUT2D eigenvalue weighted by Gasteiger charge is -2.20. The Morgan fingerprint density at radius 1 is 1.10 bits per heavy atom. The first kappa shape index (κ1) is 18.6. The molecule has 0 spiro atoms. The van der Waals surface area contributed by atoms with Crippen molar-refractivity contribution in [3.05, 3.63) is 92.2 Å². The van der Waals surface area contributed by atoms with Gasteiger partial charge in [-0.3, -0.25) is 15.1 Å². The molecule has 3 aromatic heterocycles. The summed E-state index contributed by atoms with van der Waals surface area (Å²) in [5.41, 5.74) is 3.79. The first-order valence-electron chi connectivity index (χ1n) is 9.20. The highest BCUT2D eigenvalue weighted by molar-refractivity contribution is 7.14. The van der Waals surface area contributed by atoms with Crippen molar-refractivity contribution in [2.24, 2.45) is 5.10 Å². The summed E-state index contributed by atoms with van der Waals surface area (Å²) in [5.74, 6) is 0. The van der Waals surface area contributed by atoms with Crippen LogP contribution in [-0.4, -0.2) is 20.6 Å². The van der Waals surface area contributed by atoms with Crippen LogP contribution < -0.4 is 5.01 Å². The average Bonchev–Trinajstić information content (AvgIpc) is 3.54. The number of nitro groups is 1. The number of thiophene rings is 1.